The van der Waals surface area contributed by atoms with Gasteiger partial charge in [0.05, 0.1) is 18.7 Å². The van der Waals surface area contributed by atoms with E-state index in [-0.39, 0.29) is 12.2 Å². The van der Waals surface area contributed by atoms with Crippen molar-refractivity contribution in [3.8, 4) is 0 Å². The number of aromatic nitrogens is 3. The SMILES string of the molecule is Cn1cc(C(N)C(=O)Cc2ccccn2)cn1. The third-order valence-corrected chi connectivity index (χ3v) is 2.51. The molecule has 1 unspecified atom stereocenters. The molecule has 2 N–H and O–H groups in total. The summed E-state index contributed by atoms with van der Waals surface area (Å²) in [7, 11) is 1.79. The molecule has 0 aromatic carbocycles. The van der Waals surface area contributed by atoms with E-state index < -0.39 is 6.04 Å². The van der Waals surface area contributed by atoms with Crippen molar-refractivity contribution in [2.75, 3.05) is 0 Å². The second-order valence-corrected chi connectivity index (χ2v) is 3.89. The van der Waals surface area contributed by atoms with Gasteiger partial charge in [0.15, 0.2) is 5.78 Å². The Hall–Kier alpha value is -2.01. The van der Waals surface area contributed by atoms with Gasteiger partial charge in [-0.1, -0.05) is 6.07 Å². The first kappa shape index (κ1) is 11.5. The van der Waals surface area contributed by atoms with Crippen LogP contribution in [0.3, 0.4) is 0 Å². The maximum atomic E-state index is 11.9. The summed E-state index contributed by atoms with van der Waals surface area (Å²) in [5, 5.41) is 4.00. The number of carbonyl (C=O) groups is 1. The summed E-state index contributed by atoms with van der Waals surface area (Å²) in [6.07, 6.45) is 5.27. The van der Waals surface area contributed by atoms with Crippen LogP contribution in [0.1, 0.15) is 17.3 Å². The molecule has 0 bridgehead atoms. The summed E-state index contributed by atoms with van der Waals surface area (Å²) >= 11 is 0. The number of hydrogen-bond acceptors (Lipinski definition) is 4. The molecule has 1 atom stereocenters. The highest BCUT2D eigenvalue weighted by Crippen LogP contribution is 2.11. The molecule has 2 rings (SSSR count). The predicted octanol–water partition coefficient (Wildman–Crippen LogP) is 0.627. The standard InChI is InChI=1S/C12H14N4O/c1-16-8-9(7-15-16)12(13)11(17)6-10-4-2-3-5-14-10/h2-5,7-8,12H,6,13H2,1H3. The van der Waals surface area contributed by atoms with Gasteiger partial charge >= 0.3 is 0 Å². The highest BCUT2D eigenvalue weighted by Gasteiger charge is 2.17. The Balaban J connectivity index is 2.06. The molecule has 0 radical (unpaired) electrons. The van der Waals surface area contributed by atoms with Crippen LogP contribution in [0, 0.1) is 0 Å². The largest absolute Gasteiger partial charge is 0.318 e. The third kappa shape index (κ3) is 2.76. The number of pyridine rings is 1. The van der Waals surface area contributed by atoms with Crippen LogP contribution in [0.5, 0.6) is 0 Å². The molecule has 0 aliphatic carbocycles. The first-order chi connectivity index (χ1) is 8.16. The normalized spacial score (nSPS) is 12.4. The molecule has 2 aromatic rings. The summed E-state index contributed by atoms with van der Waals surface area (Å²) in [6.45, 7) is 0. The third-order valence-electron chi connectivity index (χ3n) is 2.51. The van der Waals surface area contributed by atoms with Crippen molar-refractivity contribution in [3.05, 3.63) is 48.0 Å². The van der Waals surface area contributed by atoms with E-state index in [1.54, 1.807) is 30.3 Å². The average molecular weight is 230 g/mol. The number of nitrogens with zero attached hydrogens (tertiary/aromatic N) is 3. The lowest BCUT2D eigenvalue weighted by molar-refractivity contribution is -0.119. The summed E-state index contributed by atoms with van der Waals surface area (Å²) in [5.74, 6) is -0.0586. The van der Waals surface area contributed by atoms with Gasteiger partial charge in [0.1, 0.15) is 0 Å². The lowest BCUT2D eigenvalue weighted by Crippen LogP contribution is -2.23. The zero-order valence-electron chi connectivity index (χ0n) is 9.58. The predicted molar refractivity (Wildman–Crippen MR) is 63.1 cm³/mol. The number of Topliss-reactive ketones (excluding diaryl/α,β-unsaturated/α-hetero) is 1. The Labute approximate surface area is 99.3 Å². The molecule has 5 nitrogen and oxygen atoms in total. The topological polar surface area (TPSA) is 73.8 Å². The minimum Gasteiger partial charge on any atom is -0.318 e. The van der Waals surface area contributed by atoms with Gasteiger partial charge in [0.25, 0.3) is 0 Å². The Kier molecular flexibility index (Phi) is 3.30. The van der Waals surface area contributed by atoms with E-state index in [1.165, 1.54) is 0 Å². The molecular weight excluding hydrogens is 216 g/mol. The van der Waals surface area contributed by atoms with Crippen LogP contribution in [0.15, 0.2) is 36.8 Å². The van der Waals surface area contributed by atoms with Gasteiger partial charge in [0.2, 0.25) is 0 Å². The van der Waals surface area contributed by atoms with E-state index in [0.717, 1.165) is 11.3 Å². The maximum absolute atomic E-state index is 11.9. The Morgan fingerprint density at radius 3 is 2.94 bits per heavy atom. The zero-order chi connectivity index (χ0) is 12.3. The number of carbonyl (C=O) groups excluding carboxylic acids is 1. The average Bonchev–Trinajstić information content (AvgIpc) is 2.76. The Bertz CT molecular complexity index is 506. The zero-order valence-corrected chi connectivity index (χ0v) is 9.58. The fraction of sp³-hybridized carbons (Fsp3) is 0.250. The Morgan fingerprint density at radius 1 is 1.53 bits per heavy atom. The smallest absolute Gasteiger partial charge is 0.160 e. The van der Waals surface area contributed by atoms with E-state index in [0.29, 0.717) is 0 Å². The van der Waals surface area contributed by atoms with Crippen molar-refractivity contribution in [2.45, 2.75) is 12.5 Å². The summed E-state index contributed by atoms with van der Waals surface area (Å²) in [6, 6.07) is 4.85. The van der Waals surface area contributed by atoms with E-state index in [1.807, 2.05) is 18.2 Å². The fourth-order valence-corrected chi connectivity index (χ4v) is 1.58. The highest BCUT2D eigenvalue weighted by molar-refractivity contribution is 5.86. The van der Waals surface area contributed by atoms with Crippen LogP contribution >= 0.6 is 0 Å². The van der Waals surface area contributed by atoms with Crippen molar-refractivity contribution in [3.63, 3.8) is 0 Å². The van der Waals surface area contributed by atoms with Crippen LogP contribution < -0.4 is 5.73 Å². The van der Waals surface area contributed by atoms with E-state index >= 15 is 0 Å². The molecule has 0 fully saturated rings. The highest BCUT2D eigenvalue weighted by atomic mass is 16.1. The molecule has 0 saturated heterocycles. The lowest BCUT2D eigenvalue weighted by Gasteiger charge is -2.07. The number of aryl methyl sites for hydroxylation is 1. The molecule has 2 heterocycles. The molecule has 88 valence electrons. The summed E-state index contributed by atoms with van der Waals surface area (Å²) in [4.78, 5) is 16.0. The number of nitrogens with two attached hydrogens (primary N) is 1. The quantitative estimate of drug-likeness (QED) is 0.835. The van der Waals surface area contributed by atoms with Crippen LogP contribution in [0.4, 0.5) is 0 Å². The van der Waals surface area contributed by atoms with Crippen molar-refractivity contribution in [1.29, 1.82) is 0 Å². The molecule has 17 heavy (non-hydrogen) atoms. The van der Waals surface area contributed by atoms with E-state index in [2.05, 4.69) is 10.1 Å². The van der Waals surface area contributed by atoms with Gasteiger partial charge in [-0.25, -0.2) is 0 Å². The minimum absolute atomic E-state index is 0.0586. The number of rotatable bonds is 4. The summed E-state index contributed by atoms with van der Waals surface area (Å²) < 4.78 is 1.63. The number of hydrogen-bond donors (Lipinski definition) is 1. The fourth-order valence-electron chi connectivity index (χ4n) is 1.58. The van der Waals surface area contributed by atoms with Crippen LogP contribution in [-0.2, 0) is 18.3 Å². The van der Waals surface area contributed by atoms with Gasteiger partial charge in [0, 0.05) is 30.7 Å². The van der Waals surface area contributed by atoms with Gasteiger partial charge in [-0.05, 0) is 12.1 Å². The number of ketones is 1. The molecular formula is C12H14N4O. The van der Waals surface area contributed by atoms with Gasteiger partial charge < -0.3 is 5.73 Å². The van der Waals surface area contributed by atoms with Crippen LogP contribution in [0.2, 0.25) is 0 Å². The lowest BCUT2D eigenvalue weighted by atomic mass is 10.0. The van der Waals surface area contributed by atoms with Gasteiger partial charge in [-0.15, -0.1) is 0 Å². The molecule has 5 heteroatoms. The van der Waals surface area contributed by atoms with Crippen molar-refractivity contribution in [1.82, 2.24) is 14.8 Å². The molecule has 0 spiro atoms. The van der Waals surface area contributed by atoms with Crippen LogP contribution in [-0.4, -0.2) is 20.5 Å². The summed E-state index contributed by atoms with van der Waals surface area (Å²) in [5.41, 5.74) is 7.33. The molecule has 0 aliphatic heterocycles. The monoisotopic (exact) mass is 230 g/mol. The molecule has 0 amide bonds. The van der Waals surface area contributed by atoms with Gasteiger partial charge in [-0.2, -0.15) is 5.10 Å². The van der Waals surface area contributed by atoms with Crippen molar-refractivity contribution in [2.24, 2.45) is 12.8 Å². The van der Waals surface area contributed by atoms with Crippen molar-refractivity contribution < 1.29 is 4.79 Å². The Morgan fingerprint density at radius 2 is 2.35 bits per heavy atom. The molecule has 0 aliphatic rings. The second kappa shape index (κ2) is 4.88. The molecule has 2 aromatic heterocycles. The van der Waals surface area contributed by atoms with Crippen molar-refractivity contribution >= 4 is 5.78 Å². The van der Waals surface area contributed by atoms with E-state index in [4.69, 9.17) is 5.73 Å². The first-order valence-electron chi connectivity index (χ1n) is 5.33. The minimum atomic E-state index is -0.634. The first-order valence-corrected chi connectivity index (χ1v) is 5.33. The van der Waals surface area contributed by atoms with Gasteiger partial charge in [-0.3, -0.25) is 14.5 Å². The molecule has 0 saturated carbocycles. The maximum Gasteiger partial charge on any atom is 0.160 e. The second-order valence-electron chi connectivity index (χ2n) is 3.89. The van der Waals surface area contributed by atoms with E-state index in [9.17, 15) is 4.79 Å². The van der Waals surface area contributed by atoms with Crippen LogP contribution in [0.25, 0.3) is 0 Å².